The maximum atomic E-state index is 13.2. The van der Waals surface area contributed by atoms with Crippen molar-refractivity contribution in [1.29, 1.82) is 0 Å². The molecule has 0 saturated heterocycles. The summed E-state index contributed by atoms with van der Waals surface area (Å²) < 4.78 is 13.2. The molecule has 0 aliphatic heterocycles. The molecular formula is C12H15FO2. The van der Waals surface area contributed by atoms with E-state index in [0.29, 0.717) is 17.5 Å². The Hall–Kier alpha value is -1.38. The van der Waals surface area contributed by atoms with Crippen LogP contribution in [-0.2, 0) is 11.2 Å². The van der Waals surface area contributed by atoms with E-state index in [1.807, 2.05) is 0 Å². The predicted octanol–water partition coefficient (Wildman–Crippen LogP) is 2.79. The van der Waals surface area contributed by atoms with Crippen LogP contribution in [0.25, 0.3) is 0 Å². The number of aryl methyl sites for hydroxylation is 1. The minimum atomic E-state index is -0.872. The summed E-state index contributed by atoms with van der Waals surface area (Å²) in [6.45, 7) is 4.95. The van der Waals surface area contributed by atoms with E-state index in [1.54, 1.807) is 32.9 Å². The van der Waals surface area contributed by atoms with Gasteiger partial charge in [-0.15, -0.1) is 0 Å². The van der Waals surface area contributed by atoms with Crippen LogP contribution in [0, 0.1) is 18.2 Å². The van der Waals surface area contributed by atoms with Crippen LogP contribution in [0.4, 0.5) is 4.39 Å². The van der Waals surface area contributed by atoms with Crippen molar-refractivity contribution in [3.05, 3.63) is 35.1 Å². The van der Waals surface area contributed by atoms with Gasteiger partial charge in [0.15, 0.2) is 0 Å². The monoisotopic (exact) mass is 210 g/mol. The van der Waals surface area contributed by atoms with Crippen LogP contribution < -0.4 is 0 Å². The number of aliphatic carboxylic acids is 1. The average molecular weight is 210 g/mol. The highest BCUT2D eigenvalue weighted by atomic mass is 19.1. The number of hydrogen-bond acceptors (Lipinski definition) is 1. The molecule has 15 heavy (non-hydrogen) atoms. The smallest absolute Gasteiger partial charge is 0.309 e. The first-order valence-electron chi connectivity index (χ1n) is 4.81. The van der Waals surface area contributed by atoms with E-state index in [4.69, 9.17) is 5.11 Å². The first-order chi connectivity index (χ1) is 6.83. The largest absolute Gasteiger partial charge is 0.481 e. The van der Waals surface area contributed by atoms with Crippen molar-refractivity contribution in [2.24, 2.45) is 5.41 Å². The Kier molecular flexibility index (Phi) is 3.12. The van der Waals surface area contributed by atoms with E-state index in [9.17, 15) is 9.18 Å². The second-order valence-corrected chi connectivity index (χ2v) is 4.45. The number of hydrogen-bond donors (Lipinski definition) is 1. The number of benzene rings is 1. The molecule has 2 nitrogen and oxygen atoms in total. The summed E-state index contributed by atoms with van der Waals surface area (Å²) in [5.74, 6) is -1.16. The third-order valence-corrected chi connectivity index (χ3v) is 2.46. The fourth-order valence-corrected chi connectivity index (χ4v) is 1.33. The summed E-state index contributed by atoms with van der Waals surface area (Å²) in [5.41, 5.74) is 0.430. The summed E-state index contributed by atoms with van der Waals surface area (Å²) in [4.78, 5) is 10.9. The minimum absolute atomic E-state index is 0.284. The Morgan fingerprint density at radius 3 is 2.53 bits per heavy atom. The topological polar surface area (TPSA) is 37.3 Å². The standard InChI is InChI=1S/C12H15FO2/c1-8-4-5-9(6-10(8)13)7-12(2,3)11(14)15/h4-6H,7H2,1-3H3,(H,14,15). The van der Waals surface area contributed by atoms with Gasteiger partial charge in [-0.3, -0.25) is 4.79 Å². The molecule has 0 radical (unpaired) electrons. The fourth-order valence-electron chi connectivity index (χ4n) is 1.33. The van der Waals surface area contributed by atoms with E-state index in [0.717, 1.165) is 0 Å². The molecule has 0 aromatic heterocycles. The maximum Gasteiger partial charge on any atom is 0.309 e. The van der Waals surface area contributed by atoms with Gasteiger partial charge in [0.25, 0.3) is 0 Å². The number of rotatable bonds is 3. The third kappa shape index (κ3) is 2.78. The normalized spacial score (nSPS) is 11.5. The lowest BCUT2D eigenvalue weighted by Gasteiger charge is -2.19. The SMILES string of the molecule is Cc1ccc(CC(C)(C)C(=O)O)cc1F. The van der Waals surface area contributed by atoms with Crippen molar-refractivity contribution in [3.8, 4) is 0 Å². The van der Waals surface area contributed by atoms with Gasteiger partial charge in [-0.2, -0.15) is 0 Å². The molecule has 0 aliphatic carbocycles. The number of carboxylic acid groups (broad SMARTS) is 1. The van der Waals surface area contributed by atoms with E-state index in [1.165, 1.54) is 6.07 Å². The van der Waals surface area contributed by atoms with Crippen LogP contribution >= 0.6 is 0 Å². The Labute approximate surface area is 88.7 Å². The summed E-state index contributed by atoms with van der Waals surface area (Å²) >= 11 is 0. The molecule has 0 amide bonds. The average Bonchev–Trinajstić information content (AvgIpc) is 2.10. The molecular weight excluding hydrogens is 195 g/mol. The molecule has 82 valence electrons. The van der Waals surface area contributed by atoms with Crippen molar-refractivity contribution in [2.75, 3.05) is 0 Å². The van der Waals surface area contributed by atoms with E-state index >= 15 is 0 Å². The van der Waals surface area contributed by atoms with Crippen molar-refractivity contribution in [2.45, 2.75) is 27.2 Å². The summed E-state index contributed by atoms with van der Waals surface area (Å²) in [5, 5.41) is 8.93. The number of carbonyl (C=O) groups is 1. The highest BCUT2D eigenvalue weighted by molar-refractivity contribution is 5.74. The molecule has 1 N–H and O–H groups in total. The molecule has 0 bridgehead atoms. The van der Waals surface area contributed by atoms with Crippen molar-refractivity contribution < 1.29 is 14.3 Å². The molecule has 1 aromatic rings. The van der Waals surface area contributed by atoms with E-state index in [2.05, 4.69) is 0 Å². The lowest BCUT2D eigenvalue weighted by molar-refractivity contribution is -0.146. The first kappa shape index (κ1) is 11.7. The molecule has 0 fully saturated rings. The van der Waals surface area contributed by atoms with Crippen molar-refractivity contribution in [1.82, 2.24) is 0 Å². The Morgan fingerprint density at radius 2 is 2.07 bits per heavy atom. The molecule has 0 heterocycles. The highest BCUT2D eigenvalue weighted by Crippen LogP contribution is 2.23. The molecule has 0 spiro atoms. The van der Waals surface area contributed by atoms with Gasteiger partial charge in [0.1, 0.15) is 5.82 Å². The third-order valence-electron chi connectivity index (χ3n) is 2.46. The van der Waals surface area contributed by atoms with Gasteiger partial charge in [-0.25, -0.2) is 4.39 Å². The highest BCUT2D eigenvalue weighted by Gasteiger charge is 2.27. The number of carboxylic acids is 1. The molecule has 0 saturated carbocycles. The fraction of sp³-hybridized carbons (Fsp3) is 0.417. The van der Waals surface area contributed by atoms with Gasteiger partial charge >= 0.3 is 5.97 Å². The molecule has 1 rings (SSSR count). The molecule has 0 unspecified atom stereocenters. The van der Waals surface area contributed by atoms with Gasteiger partial charge in [0, 0.05) is 0 Å². The molecule has 1 aromatic carbocycles. The number of halogens is 1. The van der Waals surface area contributed by atoms with Gasteiger partial charge in [0.05, 0.1) is 5.41 Å². The second-order valence-electron chi connectivity index (χ2n) is 4.45. The molecule has 3 heteroatoms. The summed E-state index contributed by atoms with van der Waals surface area (Å²) in [6.07, 6.45) is 0.333. The summed E-state index contributed by atoms with van der Waals surface area (Å²) in [7, 11) is 0. The molecule has 0 atom stereocenters. The second kappa shape index (κ2) is 4.01. The quantitative estimate of drug-likeness (QED) is 0.832. The van der Waals surface area contributed by atoms with Crippen LogP contribution in [0.5, 0.6) is 0 Å². The summed E-state index contributed by atoms with van der Waals surface area (Å²) in [6, 6.07) is 4.84. The lowest BCUT2D eigenvalue weighted by Crippen LogP contribution is -2.26. The first-order valence-corrected chi connectivity index (χ1v) is 4.81. The van der Waals surface area contributed by atoms with Gasteiger partial charge < -0.3 is 5.11 Å². The van der Waals surface area contributed by atoms with Crippen molar-refractivity contribution >= 4 is 5.97 Å². The lowest BCUT2D eigenvalue weighted by atomic mass is 9.86. The van der Waals surface area contributed by atoms with Crippen molar-refractivity contribution in [3.63, 3.8) is 0 Å². The van der Waals surface area contributed by atoms with Crippen LogP contribution in [-0.4, -0.2) is 11.1 Å². The Balaban J connectivity index is 2.91. The molecule has 0 aliphatic rings. The van der Waals surface area contributed by atoms with Crippen LogP contribution in [0.15, 0.2) is 18.2 Å². The van der Waals surface area contributed by atoms with Gasteiger partial charge in [0.2, 0.25) is 0 Å². The van der Waals surface area contributed by atoms with E-state index < -0.39 is 11.4 Å². The van der Waals surface area contributed by atoms with Crippen LogP contribution in [0.3, 0.4) is 0 Å². The van der Waals surface area contributed by atoms with Crippen LogP contribution in [0.1, 0.15) is 25.0 Å². The van der Waals surface area contributed by atoms with E-state index in [-0.39, 0.29) is 5.82 Å². The zero-order chi connectivity index (χ0) is 11.6. The zero-order valence-corrected chi connectivity index (χ0v) is 9.17. The zero-order valence-electron chi connectivity index (χ0n) is 9.17. The van der Waals surface area contributed by atoms with Crippen LogP contribution in [0.2, 0.25) is 0 Å². The maximum absolute atomic E-state index is 13.2. The minimum Gasteiger partial charge on any atom is -0.481 e. The van der Waals surface area contributed by atoms with Gasteiger partial charge in [-0.1, -0.05) is 12.1 Å². The van der Waals surface area contributed by atoms with Gasteiger partial charge in [-0.05, 0) is 44.4 Å². The predicted molar refractivity (Wildman–Crippen MR) is 56.3 cm³/mol. The Morgan fingerprint density at radius 1 is 1.47 bits per heavy atom. The Bertz CT molecular complexity index is 383.